The molecule has 7 fully saturated rings. The standard InChI is InChI=1S/C27H36N2O5/c30-25(29-9-7-28-8-10-29)31-24-5-1-3-20(16-24)21-4-2-6-26(17-21)32-27(34-33-26)22-12-18-11-19(14-22)15-23(27)13-18/h1,3,5,16,18-19,21-23,28H,2,4,6-15,17H2/t18?,19?,21?,22?,23?,26-,27?/m1/s1. The number of carbonyl (C=O) groups is 1. The molecule has 34 heavy (non-hydrogen) atoms. The zero-order chi connectivity index (χ0) is 22.8. The van der Waals surface area contributed by atoms with Gasteiger partial charge in [-0.2, -0.15) is 9.78 Å². The molecule has 4 bridgehead atoms. The van der Waals surface area contributed by atoms with Gasteiger partial charge in [0.15, 0.2) is 0 Å². The lowest BCUT2D eigenvalue weighted by molar-refractivity contribution is -0.390. The quantitative estimate of drug-likeness (QED) is 0.641. The Bertz CT molecular complexity index is 919. The Morgan fingerprint density at radius 2 is 1.79 bits per heavy atom. The monoisotopic (exact) mass is 468 g/mol. The van der Waals surface area contributed by atoms with Crippen molar-refractivity contribution in [3.63, 3.8) is 0 Å². The summed E-state index contributed by atoms with van der Waals surface area (Å²) in [5.41, 5.74) is 1.18. The van der Waals surface area contributed by atoms with Crippen LogP contribution in [0.5, 0.6) is 5.75 Å². The van der Waals surface area contributed by atoms with Crippen molar-refractivity contribution < 1.29 is 24.0 Å². The van der Waals surface area contributed by atoms with Crippen molar-refractivity contribution in [3.05, 3.63) is 29.8 Å². The van der Waals surface area contributed by atoms with E-state index in [9.17, 15) is 4.79 Å². The first kappa shape index (κ1) is 21.6. The van der Waals surface area contributed by atoms with Crippen molar-refractivity contribution in [3.8, 4) is 5.75 Å². The average molecular weight is 469 g/mol. The molecule has 2 spiro atoms. The van der Waals surface area contributed by atoms with Crippen LogP contribution in [0.2, 0.25) is 0 Å². The van der Waals surface area contributed by atoms with Gasteiger partial charge in [-0.3, -0.25) is 0 Å². The fraction of sp³-hybridized carbons (Fsp3) is 0.741. The molecule has 1 N–H and O–H groups in total. The number of amides is 1. The Balaban J connectivity index is 1.06. The Morgan fingerprint density at radius 3 is 2.56 bits per heavy atom. The normalized spacial score (nSPS) is 43.1. The Kier molecular flexibility index (Phi) is 5.20. The van der Waals surface area contributed by atoms with Crippen LogP contribution in [0.15, 0.2) is 24.3 Å². The van der Waals surface area contributed by atoms with Gasteiger partial charge in [0.2, 0.25) is 11.6 Å². The number of rotatable bonds is 2. The van der Waals surface area contributed by atoms with Gasteiger partial charge in [-0.1, -0.05) is 12.1 Å². The highest BCUT2D eigenvalue weighted by Gasteiger charge is 2.67. The molecule has 1 unspecified atom stereocenters. The van der Waals surface area contributed by atoms with E-state index in [1.807, 2.05) is 18.2 Å². The molecule has 184 valence electrons. The number of nitrogens with zero attached hydrogens (tertiary/aromatic N) is 1. The van der Waals surface area contributed by atoms with Crippen molar-refractivity contribution in [1.82, 2.24) is 10.2 Å². The molecule has 5 aliphatic carbocycles. The van der Waals surface area contributed by atoms with Crippen LogP contribution in [0.4, 0.5) is 4.79 Å². The molecule has 2 aliphatic heterocycles. The predicted molar refractivity (Wildman–Crippen MR) is 124 cm³/mol. The first-order chi connectivity index (χ1) is 16.6. The number of carbonyl (C=O) groups excluding carboxylic acids is 1. The number of hydrogen-bond acceptors (Lipinski definition) is 6. The van der Waals surface area contributed by atoms with E-state index >= 15 is 0 Å². The van der Waals surface area contributed by atoms with Gasteiger partial charge in [0, 0.05) is 50.9 Å². The van der Waals surface area contributed by atoms with Gasteiger partial charge in [0.25, 0.3) is 0 Å². The molecule has 1 aromatic rings. The third-order valence-corrected chi connectivity index (χ3v) is 9.52. The topological polar surface area (TPSA) is 69.3 Å². The molecule has 2 heterocycles. The van der Waals surface area contributed by atoms with Crippen molar-refractivity contribution in [2.45, 2.75) is 75.3 Å². The number of benzene rings is 1. The number of nitrogens with one attached hydrogen (secondary N) is 1. The summed E-state index contributed by atoms with van der Waals surface area (Å²) in [4.78, 5) is 26.7. The molecule has 7 aliphatic rings. The molecular formula is C27H36N2O5. The summed E-state index contributed by atoms with van der Waals surface area (Å²) in [7, 11) is 0. The number of hydrogen-bond donors (Lipinski definition) is 1. The first-order valence-corrected chi connectivity index (χ1v) is 13.5. The van der Waals surface area contributed by atoms with E-state index in [4.69, 9.17) is 19.2 Å². The number of piperazine rings is 1. The van der Waals surface area contributed by atoms with Crippen LogP contribution in [-0.2, 0) is 14.5 Å². The summed E-state index contributed by atoms with van der Waals surface area (Å²) < 4.78 is 12.7. The van der Waals surface area contributed by atoms with Gasteiger partial charge < -0.3 is 19.7 Å². The molecule has 1 aromatic carbocycles. The van der Waals surface area contributed by atoms with Crippen molar-refractivity contribution in [1.29, 1.82) is 0 Å². The van der Waals surface area contributed by atoms with Gasteiger partial charge in [-0.15, -0.1) is 0 Å². The SMILES string of the molecule is O=C(Oc1cccc(C2CCC[C@]3(C2)OOC2(O3)C3CC4CC(C3)CC2C4)c1)N1CCNCC1. The fourth-order valence-corrected chi connectivity index (χ4v) is 8.10. The lowest BCUT2D eigenvalue weighted by Gasteiger charge is -2.57. The van der Waals surface area contributed by atoms with Crippen LogP contribution in [0.1, 0.15) is 69.3 Å². The molecule has 0 aromatic heterocycles. The summed E-state index contributed by atoms with van der Waals surface area (Å²) in [6.07, 6.45) is 9.86. The molecule has 7 heteroatoms. The van der Waals surface area contributed by atoms with Crippen LogP contribution in [0.25, 0.3) is 0 Å². The third-order valence-electron chi connectivity index (χ3n) is 9.52. The molecule has 5 saturated carbocycles. The second-order valence-electron chi connectivity index (χ2n) is 11.7. The van der Waals surface area contributed by atoms with Gasteiger partial charge in [-0.05, 0) is 80.4 Å². The molecule has 8 rings (SSSR count). The van der Waals surface area contributed by atoms with E-state index in [1.54, 1.807) is 4.90 Å². The smallest absolute Gasteiger partial charge is 0.410 e. The van der Waals surface area contributed by atoms with Gasteiger partial charge >= 0.3 is 6.09 Å². The average Bonchev–Trinajstić information content (AvgIpc) is 3.22. The van der Waals surface area contributed by atoms with Crippen molar-refractivity contribution in [2.75, 3.05) is 26.2 Å². The number of ether oxygens (including phenoxy) is 2. The maximum atomic E-state index is 12.6. The molecule has 0 radical (unpaired) electrons. The Morgan fingerprint density at radius 1 is 1.03 bits per heavy atom. The Labute approximate surface area is 201 Å². The van der Waals surface area contributed by atoms with Gasteiger partial charge in [-0.25, -0.2) is 4.79 Å². The largest absolute Gasteiger partial charge is 0.415 e. The van der Waals surface area contributed by atoms with Crippen LogP contribution in [0.3, 0.4) is 0 Å². The minimum atomic E-state index is -0.647. The molecule has 7 nitrogen and oxygen atoms in total. The van der Waals surface area contributed by atoms with E-state index in [-0.39, 0.29) is 6.09 Å². The maximum absolute atomic E-state index is 12.6. The summed E-state index contributed by atoms with van der Waals surface area (Å²) in [5.74, 6) is 2.43. The zero-order valence-corrected chi connectivity index (χ0v) is 19.9. The fourth-order valence-electron chi connectivity index (χ4n) is 8.10. The minimum Gasteiger partial charge on any atom is -0.410 e. The maximum Gasteiger partial charge on any atom is 0.415 e. The lowest BCUT2D eigenvalue weighted by Crippen LogP contribution is -2.59. The molecule has 2 atom stereocenters. The second-order valence-corrected chi connectivity index (χ2v) is 11.7. The highest BCUT2D eigenvalue weighted by atomic mass is 17.3. The van der Waals surface area contributed by atoms with E-state index in [0.717, 1.165) is 50.6 Å². The van der Waals surface area contributed by atoms with E-state index < -0.39 is 11.6 Å². The summed E-state index contributed by atoms with van der Waals surface area (Å²) in [6, 6.07) is 8.03. The summed E-state index contributed by atoms with van der Waals surface area (Å²) >= 11 is 0. The van der Waals surface area contributed by atoms with E-state index in [0.29, 0.717) is 36.6 Å². The van der Waals surface area contributed by atoms with Crippen molar-refractivity contribution >= 4 is 6.09 Å². The Hall–Kier alpha value is -1.67. The highest BCUT2D eigenvalue weighted by Crippen LogP contribution is 2.64. The van der Waals surface area contributed by atoms with Gasteiger partial charge in [0.05, 0.1) is 0 Å². The van der Waals surface area contributed by atoms with Crippen LogP contribution >= 0.6 is 0 Å². The van der Waals surface area contributed by atoms with E-state index in [2.05, 4.69) is 11.4 Å². The molecule has 1 amide bonds. The predicted octanol–water partition coefficient (Wildman–Crippen LogP) is 4.58. The van der Waals surface area contributed by atoms with E-state index in [1.165, 1.54) is 37.7 Å². The van der Waals surface area contributed by atoms with Crippen LogP contribution in [0, 0.1) is 23.7 Å². The summed E-state index contributed by atoms with van der Waals surface area (Å²) in [5, 5.41) is 3.26. The minimum absolute atomic E-state index is 0.265. The van der Waals surface area contributed by atoms with Crippen molar-refractivity contribution in [2.24, 2.45) is 23.7 Å². The lowest BCUT2D eigenvalue weighted by atomic mass is 9.53. The zero-order valence-electron chi connectivity index (χ0n) is 19.9. The molecule has 2 saturated heterocycles. The third kappa shape index (κ3) is 3.58. The highest BCUT2D eigenvalue weighted by molar-refractivity contribution is 5.70. The van der Waals surface area contributed by atoms with Crippen LogP contribution in [-0.4, -0.2) is 48.7 Å². The second kappa shape index (κ2) is 8.19. The van der Waals surface area contributed by atoms with Crippen LogP contribution < -0.4 is 10.1 Å². The summed E-state index contributed by atoms with van der Waals surface area (Å²) in [6.45, 7) is 2.99. The first-order valence-electron chi connectivity index (χ1n) is 13.5. The van der Waals surface area contributed by atoms with Gasteiger partial charge in [0.1, 0.15) is 5.75 Å². The molecular weight excluding hydrogens is 432 g/mol.